The van der Waals surface area contributed by atoms with Crippen molar-refractivity contribution in [3.63, 3.8) is 0 Å². The van der Waals surface area contributed by atoms with E-state index in [4.69, 9.17) is 4.74 Å². The normalized spacial score (nSPS) is 12.0. The van der Waals surface area contributed by atoms with Crippen molar-refractivity contribution in [1.82, 2.24) is 0 Å². The number of sulfonamides is 1. The molecule has 108 valence electrons. The predicted octanol–water partition coefficient (Wildman–Crippen LogP) is 2.65. The summed E-state index contributed by atoms with van der Waals surface area (Å²) in [5.74, 6) is -0.882. The first kappa shape index (κ1) is 14.9. The number of esters is 1. The molecule has 2 aromatic carbocycles. The molecule has 2 aromatic rings. The van der Waals surface area contributed by atoms with E-state index in [0.717, 1.165) is 0 Å². The first-order chi connectivity index (χ1) is 9.99. The second-order valence-electron chi connectivity index (χ2n) is 4.15. The maximum atomic E-state index is 12.0. The van der Waals surface area contributed by atoms with Gasteiger partial charge in [-0.2, -0.15) is 8.42 Å². The van der Waals surface area contributed by atoms with Crippen LogP contribution in [0, 0.1) is 0 Å². The van der Waals surface area contributed by atoms with Crippen LogP contribution in [0.5, 0.6) is 0 Å². The molecule has 0 saturated heterocycles. The van der Waals surface area contributed by atoms with E-state index in [1.54, 1.807) is 48.5 Å². The van der Waals surface area contributed by atoms with E-state index in [0.29, 0.717) is 5.56 Å². The van der Waals surface area contributed by atoms with Gasteiger partial charge in [0.05, 0.1) is 10.5 Å². The molecule has 0 aliphatic carbocycles. The fraction of sp³-hybridized carbons (Fsp3) is 0.0667. The number of rotatable bonds is 3. The van der Waals surface area contributed by atoms with Crippen molar-refractivity contribution in [2.75, 3.05) is 0 Å². The molecule has 5 nitrogen and oxygen atoms in total. The van der Waals surface area contributed by atoms with E-state index in [9.17, 15) is 13.2 Å². The van der Waals surface area contributed by atoms with Crippen molar-refractivity contribution in [3.05, 3.63) is 66.2 Å². The van der Waals surface area contributed by atoms with Crippen LogP contribution < -0.4 is 0 Å². The summed E-state index contributed by atoms with van der Waals surface area (Å²) in [5, 5.41) is 0. The molecule has 0 aliphatic heterocycles. The van der Waals surface area contributed by atoms with Gasteiger partial charge in [0.2, 0.25) is 5.90 Å². The highest BCUT2D eigenvalue weighted by molar-refractivity contribution is 7.90. The maximum Gasteiger partial charge on any atom is 0.344 e. The Bertz CT molecular complexity index is 753. The van der Waals surface area contributed by atoms with Gasteiger partial charge in [-0.3, -0.25) is 0 Å². The molecule has 2 rings (SSSR count). The van der Waals surface area contributed by atoms with E-state index in [1.807, 2.05) is 0 Å². The zero-order valence-electron chi connectivity index (χ0n) is 11.3. The second kappa shape index (κ2) is 6.32. The van der Waals surface area contributed by atoms with Crippen LogP contribution in [0.3, 0.4) is 0 Å². The molecular formula is C15H13NO4S. The molecule has 0 unspecified atom stereocenters. The van der Waals surface area contributed by atoms with Gasteiger partial charge in [0.25, 0.3) is 10.0 Å². The van der Waals surface area contributed by atoms with Gasteiger partial charge in [0.15, 0.2) is 0 Å². The predicted molar refractivity (Wildman–Crippen MR) is 78.6 cm³/mol. The highest BCUT2D eigenvalue weighted by Gasteiger charge is 2.15. The zero-order chi connectivity index (χ0) is 15.3. The Morgan fingerprint density at radius 1 is 0.952 bits per heavy atom. The summed E-state index contributed by atoms with van der Waals surface area (Å²) in [4.78, 5) is 11.8. The van der Waals surface area contributed by atoms with Crippen LogP contribution in [0.4, 0.5) is 0 Å². The van der Waals surface area contributed by atoms with Crippen LogP contribution in [0.2, 0.25) is 0 Å². The zero-order valence-corrected chi connectivity index (χ0v) is 12.1. The molecule has 0 N–H and O–H groups in total. The number of hydrogen-bond acceptors (Lipinski definition) is 4. The van der Waals surface area contributed by atoms with Crippen LogP contribution in [0.15, 0.2) is 70.0 Å². The van der Waals surface area contributed by atoms with Gasteiger partial charge >= 0.3 is 5.97 Å². The molecule has 21 heavy (non-hydrogen) atoms. The van der Waals surface area contributed by atoms with E-state index >= 15 is 0 Å². The standard InChI is InChI=1S/C15H13NO4S/c1-12(20-15(17)13-8-4-2-5-9-13)16-21(18,19)14-10-6-3-7-11-14/h2-11H,1H3/b16-12+. The highest BCUT2D eigenvalue weighted by Crippen LogP contribution is 2.12. The first-order valence-corrected chi connectivity index (χ1v) is 7.57. The lowest BCUT2D eigenvalue weighted by atomic mass is 10.2. The van der Waals surface area contributed by atoms with Crippen molar-refractivity contribution in [2.24, 2.45) is 4.40 Å². The SMILES string of the molecule is C/C(=N\S(=O)(=O)c1ccccc1)OC(=O)c1ccccc1. The Kier molecular flexibility index (Phi) is 4.49. The Labute approximate surface area is 123 Å². The summed E-state index contributed by atoms with van der Waals surface area (Å²) in [7, 11) is -3.88. The van der Waals surface area contributed by atoms with Gasteiger partial charge in [-0.05, 0) is 24.3 Å². The van der Waals surface area contributed by atoms with Crippen LogP contribution in [0.25, 0.3) is 0 Å². The lowest BCUT2D eigenvalue weighted by Crippen LogP contribution is -2.12. The quantitative estimate of drug-likeness (QED) is 0.496. The van der Waals surface area contributed by atoms with Gasteiger partial charge in [-0.25, -0.2) is 4.79 Å². The Morgan fingerprint density at radius 3 is 2.05 bits per heavy atom. The summed E-state index contributed by atoms with van der Waals surface area (Å²) in [6.45, 7) is 1.32. The van der Waals surface area contributed by atoms with Gasteiger partial charge in [-0.15, -0.1) is 4.40 Å². The molecule has 6 heteroatoms. The Hall–Kier alpha value is -2.47. The average Bonchev–Trinajstić information content (AvgIpc) is 2.48. The molecule has 0 amide bonds. The Morgan fingerprint density at radius 2 is 1.48 bits per heavy atom. The van der Waals surface area contributed by atoms with E-state index in [-0.39, 0.29) is 10.8 Å². The van der Waals surface area contributed by atoms with Crippen LogP contribution in [-0.2, 0) is 14.8 Å². The van der Waals surface area contributed by atoms with Gasteiger partial charge in [0, 0.05) is 6.92 Å². The number of carbonyl (C=O) groups excluding carboxylic acids is 1. The maximum absolute atomic E-state index is 12.0. The second-order valence-corrected chi connectivity index (χ2v) is 5.76. The fourth-order valence-electron chi connectivity index (χ4n) is 1.60. The lowest BCUT2D eigenvalue weighted by Gasteiger charge is -2.04. The molecule has 0 aliphatic rings. The summed E-state index contributed by atoms with van der Waals surface area (Å²) >= 11 is 0. The van der Waals surface area contributed by atoms with Crippen molar-refractivity contribution >= 4 is 21.9 Å². The molecule has 0 fully saturated rings. The van der Waals surface area contributed by atoms with E-state index in [2.05, 4.69) is 4.40 Å². The van der Waals surface area contributed by atoms with Gasteiger partial charge in [-0.1, -0.05) is 36.4 Å². The molecule has 0 heterocycles. The smallest absolute Gasteiger partial charge is 0.344 e. The van der Waals surface area contributed by atoms with Crippen molar-refractivity contribution in [2.45, 2.75) is 11.8 Å². The molecular weight excluding hydrogens is 290 g/mol. The number of benzene rings is 2. The van der Waals surface area contributed by atoms with Crippen LogP contribution >= 0.6 is 0 Å². The summed E-state index contributed by atoms with van der Waals surface area (Å²) < 4.78 is 32.4. The number of carbonyl (C=O) groups is 1. The minimum Gasteiger partial charge on any atom is -0.407 e. The van der Waals surface area contributed by atoms with E-state index < -0.39 is 16.0 Å². The third kappa shape index (κ3) is 4.00. The van der Waals surface area contributed by atoms with Gasteiger partial charge in [0.1, 0.15) is 0 Å². The number of ether oxygens (including phenoxy) is 1. The van der Waals surface area contributed by atoms with Gasteiger partial charge < -0.3 is 4.74 Å². The first-order valence-electron chi connectivity index (χ1n) is 6.13. The molecule has 0 radical (unpaired) electrons. The van der Waals surface area contributed by atoms with Crippen LogP contribution in [-0.4, -0.2) is 20.3 Å². The molecule has 0 spiro atoms. The summed E-state index contributed by atoms with van der Waals surface area (Å²) in [6, 6.07) is 16.0. The third-order valence-electron chi connectivity index (χ3n) is 2.54. The molecule has 0 atom stereocenters. The van der Waals surface area contributed by atoms with Crippen molar-refractivity contribution in [3.8, 4) is 0 Å². The largest absolute Gasteiger partial charge is 0.407 e. The van der Waals surface area contributed by atoms with Crippen molar-refractivity contribution < 1.29 is 17.9 Å². The van der Waals surface area contributed by atoms with Crippen LogP contribution in [0.1, 0.15) is 17.3 Å². The van der Waals surface area contributed by atoms with E-state index in [1.165, 1.54) is 19.1 Å². The highest BCUT2D eigenvalue weighted by atomic mass is 32.2. The third-order valence-corrected chi connectivity index (χ3v) is 3.91. The number of hydrogen-bond donors (Lipinski definition) is 0. The monoisotopic (exact) mass is 303 g/mol. The molecule has 0 bridgehead atoms. The number of nitrogens with zero attached hydrogens (tertiary/aromatic N) is 1. The minimum atomic E-state index is -3.88. The molecule has 0 saturated carbocycles. The fourth-order valence-corrected chi connectivity index (χ4v) is 2.58. The summed E-state index contributed by atoms with van der Waals surface area (Å²) in [6.07, 6.45) is 0. The topological polar surface area (TPSA) is 72.8 Å². The molecule has 0 aromatic heterocycles. The average molecular weight is 303 g/mol. The Balaban J connectivity index is 2.17. The lowest BCUT2D eigenvalue weighted by molar-refractivity contribution is 0.0716. The minimum absolute atomic E-state index is 0.0418. The summed E-state index contributed by atoms with van der Waals surface area (Å²) in [5.41, 5.74) is 0.323. The van der Waals surface area contributed by atoms with Crippen molar-refractivity contribution in [1.29, 1.82) is 0 Å².